The van der Waals surface area contributed by atoms with Crippen molar-refractivity contribution in [2.75, 3.05) is 12.0 Å². The number of benzene rings is 7. The zero-order valence-electron chi connectivity index (χ0n) is 25.1. The first-order valence-corrected chi connectivity index (χ1v) is 15.1. The van der Waals surface area contributed by atoms with Gasteiger partial charge in [-0.25, -0.2) is 0 Å². The third-order valence-corrected chi connectivity index (χ3v) is 8.35. The van der Waals surface area contributed by atoms with E-state index in [4.69, 9.17) is 4.74 Å². The van der Waals surface area contributed by atoms with Crippen molar-refractivity contribution in [1.29, 1.82) is 0 Å². The molecule has 0 saturated heterocycles. The number of fused-ring (bicyclic) bond motifs is 2. The molecule has 0 amide bonds. The van der Waals surface area contributed by atoms with Gasteiger partial charge in [0.15, 0.2) is 0 Å². The van der Waals surface area contributed by atoms with E-state index in [-0.39, 0.29) is 6.61 Å². The van der Waals surface area contributed by atoms with Gasteiger partial charge in [-0.2, -0.15) is 0 Å². The molecule has 3 nitrogen and oxygen atoms in total. The topological polar surface area (TPSA) is 32.7 Å². The van der Waals surface area contributed by atoms with Crippen LogP contribution in [-0.2, 0) is 6.61 Å². The molecule has 0 aliphatic heterocycles. The third-order valence-electron chi connectivity index (χ3n) is 8.35. The summed E-state index contributed by atoms with van der Waals surface area (Å²) in [6.07, 6.45) is 4.38. The van der Waals surface area contributed by atoms with Crippen LogP contribution < -0.4 is 9.64 Å². The smallest absolute Gasteiger partial charge is 0.119 e. The van der Waals surface area contributed by atoms with Gasteiger partial charge in [-0.05, 0) is 97.9 Å². The molecule has 0 aromatic heterocycles. The minimum absolute atomic E-state index is 0.0189. The Morgan fingerprint density at radius 1 is 0.533 bits per heavy atom. The quantitative estimate of drug-likeness (QED) is 0.181. The molecule has 0 spiro atoms. The summed E-state index contributed by atoms with van der Waals surface area (Å²) in [5, 5.41) is 14.5. The second kappa shape index (κ2) is 12.5. The van der Waals surface area contributed by atoms with Crippen molar-refractivity contribution >= 4 is 50.8 Å². The maximum absolute atomic E-state index is 9.55. The van der Waals surface area contributed by atoms with Crippen LogP contribution in [0.15, 0.2) is 152 Å². The Bertz CT molecular complexity index is 2060. The number of methoxy groups -OCH3 is 1. The zero-order chi connectivity index (χ0) is 30.6. The van der Waals surface area contributed by atoms with Crippen molar-refractivity contribution in [3.05, 3.63) is 168 Å². The van der Waals surface area contributed by atoms with Crippen molar-refractivity contribution in [3.8, 4) is 16.9 Å². The second-order valence-electron chi connectivity index (χ2n) is 11.1. The van der Waals surface area contributed by atoms with Crippen molar-refractivity contribution in [2.45, 2.75) is 6.61 Å². The minimum atomic E-state index is 0.0189. The molecule has 7 rings (SSSR count). The molecular weight excluding hydrogens is 550 g/mol. The highest BCUT2D eigenvalue weighted by molar-refractivity contribution is 6.07. The minimum Gasteiger partial charge on any atom is -0.497 e. The van der Waals surface area contributed by atoms with Crippen LogP contribution in [0.3, 0.4) is 0 Å². The van der Waals surface area contributed by atoms with Crippen molar-refractivity contribution in [3.63, 3.8) is 0 Å². The van der Waals surface area contributed by atoms with Crippen LogP contribution in [0.25, 0.3) is 44.8 Å². The van der Waals surface area contributed by atoms with Crippen molar-refractivity contribution < 1.29 is 9.84 Å². The number of rotatable bonds is 8. The van der Waals surface area contributed by atoms with Gasteiger partial charge in [-0.1, -0.05) is 115 Å². The summed E-state index contributed by atoms with van der Waals surface area (Å²) in [6, 6.07) is 52.9. The predicted molar refractivity (Wildman–Crippen MR) is 189 cm³/mol. The lowest BCUT2D eigenvalue weighted by atomic mass is 9.92. The first-order valence-electron chi connectivity index (χ1n) is 15.1. The molecule has 0 bridgehead atoms. The number of aliphatic hydroxyl groups excluding tert-OH is 1. The van der Waals surface area contributed by atoms with Gasteiger partial charge in [0.25, 0.3) is 0 Å². The number of aliphatic hydroxyl groups is 1. The molecule has 0 heterocycles. The Morgan fingerprint density at radius 3 is 1.80 bits per heavy atom. The van der Waals surface area contributed by atoms with E-state index in [0.29, 0.717) is 0 Å². The largest absolute Gasteiger partial charge is 0.497 e. The summed E-state index contributed by atoms with van der Waals surface area (Å²) >= 11 is 0. The summed E-state index contributed by atoms with van der Waals surface area (Å²) < 4.78 is 5.39. The second-order valence-corrected chi connectivity index (χ2v) is 11.1. The number of hydrogen-bond donors (Lipinski definition) is 1. The number of ether oxygens (including phenoxy) is 1. The van der Waals surface area contributed by atoms with E-state index in [1.807, 2.05) is 36.4 Å². The molecule has 0 unspecified atom stereocenters. The monoisotopic (exact) mass is 583 g/mol. The van der Waals surface area contributed by atoms with Gasteiger partial charge in [0.1, 0.15) is 5.75 Å². The highest BCUT2D eigenvalue weighted by Crippen LogP contribution is 2.37. The molecule has 0 radical (unpaired) electrons. The van der Waals surface area contributed by atoms with Gasteiger partial charge in [-0.3, -0.25) is 0 Å². The third kappa shape index (κ3) is 5.70. The first kappa shape index (κ1) is 28.1. The highest BCUT2D eigenvalue weighted by Gasteiger charge is 2.13. The summed E-state index contributed by atoms with van der Waals surface area (Å²) in [7, 11) is 1.68. The van der Waals surface area contributed by atoms with Gasteiger partial charge >= 0.3 is 0 Å². The molecule has 3 heteroatoms. The van der Waals surface area contributed by atoms with E-state index in [0.717, 1.165) is 33.9 Å². The average molecular weight is 584 g/mol. The molecular formula is C42H33NO2. The van der Waals surface area contributed by atoms with Gasteiger partial charge < -0.3 is 14.7 Å². The lowest BCUT2D eigenvalue weighted by Gasteiger charge is -2.26. The van der Waals surface area contributed by atoms with E-state index in [2.05, 4.69) is 132 Å². The van der Waals surface area contributed by atoms with Crippen LogP contribution in [0.5, 0.6) is 5.75 Å². The summed E-state index contributed by atoms with van der Waals surface area (Å²) in [5.74, 6) is 0.812. The lowest BCUT2D eigenvalue weighted by molar-refractivity contribution is 0.282. The fraction of sp³-hybridized carbons (Fsp3) is 0.0476. The molecule has 0 atom stereocenters. The SMILES string of the molecule is COc1ccc(N(c2ccc(/C=C/c3ccc(-c4cccc5ccccc45)c4ccccc34)cc2)c2ccc(CO)cc2)cc1. The van der Waals surface area contributed by atoms with Crippen LogP contribution in [0.1, 0.15) is 16.7 Å². The van der Waals surface area contributed by atoms with E-state index in [9.17, 15) is 5.11 Å². The summed E-state index contributed by atoms with van der Waals surface area (Å²) in [6.45, 7) is 0.0189. The molecule has 0 aliphatic rings. The van der Waals surface area contributed by atoms with E-state index < -0.39 is 0 Å². The molecule has 45 heavy (non-hydrogen) atoms. The summed E-state index contributed by atoms with van der Waals surface area (Å²) in [5.41, 5.74) is 8.75. The average Bonchev–Trinajstić information content (AvgIpc) is 3.11. The van der Waals surface area contributed by atoms with E-state index in [1.165, 1.54) is 38.2 Å². The Hall–Kier alpha value is -5.64. The van der Waals surface area contributed by atoms with Crippen LogP contribution in [-0.4, -0.2) is 12.2 Å². The maximum Gasteiger partial charge on any atom is 0.119 e. The first-order chi connectivity index (χ1) is 22.2. The van der Waals surface area contributed by atoms with Gasteiger partial charge in [0.2, 0.25) is 0 Å². The molecule has 1 N–H and O–H groups in total. The van der Waals surface area contributed by atoms with Gasteiger partial charge in [0, 0.05) is 17.1 Å². The normalized spacial score (nSPS) is 11.3. The predicted octanol–water partition coefficient (Wildman–Crippen LogP) is 10.8. The maximum atomic E-state index is 9.55. The Morgan fingerprint density at radius 2 is 1.11 bits per heavy atom. The van der Waals surface area contributed by atoms with Crippen LogP contribution in [0, 0.1) is 0 Å². The standard InChI is InChI=1S/C42H33NO2/c1-45-37-26-24-36(25-27-37)43(35-22-16-31(29-44)17-23-35)34-20-14-30(15-21-34)13-18-33-19-28-42(40-11-5-4-10-39(33)40)41-12-6-8-32-7-2-3-9-38(32)41/h2-28,44H,29H2,1H3/b18-13+. The fourth-order valence-corrected chi connectivity index (χ4v) is 6.01. The van der Waals surface area contributed by atoms with Gasteiger partial charge in [0.05, 0.1) is 13.7 Å². The number of anilines is 3. The highest BCUT2D eigenvalue weighted by atomic mass is 16.5. The van der Waals surface area contributed by atoms with Crippen molar-refractivity contribution in [2.24, 2.45) is 0 Å². The molecule has 0 fully saturated rings. The fourth-order valence-electron chi connectivity index (χ4n) is 6.01. The molecule has 7 aromatic rings. The van der Waals surface area contributed by atoms with Crippen LogP contribution in [0.2, 0.25) is 0 Å². The number of hydrogen-bond acceptors (Lipinski definition) is 3. The Kier molecular flexibility index (Phi) is 7.84. The Labute approximate surface area is 263 Å². The summed E-state index contributed by atoms with van der Waals surface area (Å²) in [4.78, 5) is 2.20. The van der Waals surface area contributed by atoms with Crippen LogP contribution >= 0.6 is 0 Å². The molecule has 7 aromatic carbocycles. The van der Waals surface area contributed by atoms with Crippen molar-refractivity contribution in [1.82, 2.24) is 0 Å². The lowest BCUT2D eigenvalue weighted by Crippen LogP contribution is -2.10. The zero-order valence-corrected chi connectivity index (χ0v) is 25.1. The van der Waals surface area contributed by atoms with Gasteiger partial charge in [-0.15, -0.1) is 0 Å². The molecule has 0 aliphatic carbocycles. The van der Waals surface area contributed by atoms with E-state index >= 15 is 0 Å². The molecule has 0 saturated carbocycles. The Balaban J connectivity index is 1.21. The van der Waals surface area contributed by atoms with Crippen LogP contribution in [0.4, 0.5) is 17.1 Å². The molecule has 218 valence electrons. The van der Waals surface area contributed by atoms with E-state index in [1.54, 1.807) is 7.11 Å². The number of nitrogens with zero attached hydrogens (tertiary/aromatic N) is 1.